The van der Waals surface area contributed by atoms with Gasteiger partial charge >= 0.3 is 0 Å². The molecule has 0 fully saturated rings. The Labute approximate surface area is 323 Å². The third-order valence-corrected chi connectivity index (χ3v) is 10.3. The van der Waals surface area contributed by atoms with E-state index >= 15 is 0 Å². The van der Waals surface area contributed by atoms with Crippen LogP contribution >= 0.6 is 0 Å². The van der Waals surface area contributed by atoms with Gasteiger partial charge in [0.05, 0.1) is 11.0 Å². The smallest absolute Gasteiger partial charge is 0.164 e. The van der Waals surface area contributed by atoms with E-state index in [1.54, 1.807) is 0 Å². The number of hydrogen-bond donors (Lipinski definition) is 0. The zero-order valence-corrected chi connectivity index (χ0v) is 29.4. The highest BCUT2D eigenvalue weighted by Gasteiger charge is 2.20. The number of rotatable bonds is 5. The first-order chi connectivity index (χ1) is 26.9. The van der Waals surface area contributed by atoms with Gasteiger partial charge in [-0.1, -0.05) is 108 Å². The lowest BCUT2D eigenvalue weighted by molar-refractivity contribution is 0.668. The topological polar surface area (TPSA) is 56.7 Å². The van der Waals surface area contributed by atoms with Gasteiger partial charge in [0, 0.05) is 50.0 Å². The zero-order chi connectivity index (χ0) is 37.4. The fourth-order valence-corrected chi connectivity index (χ4v) is 7.66. The molecule has 0 bridgehead atoms. The molecule has 0 saturated heterocycles. The Balaban J connectivity index is 1.16. The lowest BCUT2D eigenvalue weighted by atomic mass is 9.59. The first-order valence-corrected chi connectivity index (χ1v) is 17.7. The minimum Gasteiger partial charge on any atom is -0.456 e. The molecule has 10 aromatic rings. The molecule has 5 nitrogen and oxygen atoms in total. The Morgan fingerprint density at radius 3 is 1.69 bits per heavy atom. The van der Waals surface area contributed by atoms with Crippen LogP contribution in [0.2, 0.25) is 0 Å². The summed E-state index contributed by atoms with van der Waals surface area (Å²) in [4.78, 5) is 15.1. The van der Waals surface area contributed by atoms with Crippen LogP contribution < -0.4 is 27.3 Å². The average molecular weight is 690 g/mol. The number of nitrogens with zero attached hydrogens (tertiary/aromatic N) is 4. The van der Waals surface area contributed by atoms with Crippen LogP contribution in [0.4, 0.5) is 0 Å². The number of para-hydroxylation sites is 2. The van der Waals surface area contributed by atoms with Crippen LogP contribution in [0.15, 0.2) is 144 Å². The first-order valence-electron chi connectivity index (χ1n) is 17.7. The largest absolute Gasteiger partial charge is 0.456 e. The molecule has 0 unspecified atom stereocenters. The highest BCUT2D eigenvalue weighted by atomic mass is 16.3. The number of benzene rings is 7. The van der Waals surface area contributed by atoms with Crippen molar-refractivity contribution < 1.29 is 4.42 Å². The fourth-order valence-electron chi connectivity index (χ4n) is 7.66. The van der Waals surface area contributed by atoms with Crippen LogP contribution in [0.25, 0.3) is 94.7 Å². The molecular weight excluding hydrogens is 667 g/mol. The van der Waals surface area contributed by atoms with Gasteiger partial charge in [-0.25, -0.2) is 15.0 Å². The molecule has 0 aliphatic rings. The second-order valence-electron chi connectivity index (χ2n) is 13.5. The molecule has 0 spiro atoms. The molecule has 0 N–H and O–H groups in total. The summed E-state index contributed by atoms with van der Waals surface area (Å²) in [6.07, 6.45) is 0. The number of hydrogen-bond acceptors (Lipinski definition) is 4. The summed E-state index contributed by atoms with van der Waals surface area (Å²) >= 11 is 0. The highest BCUT2D eigenvalue weighted by Crippen LogP contribution is 2.39. The summed E-state index contributed by atoms with van der Waals surface area (Å²) < 4.78 is 8.87. The summed E-state index contributed by atoms with van der Waals surface area (Å²) in [7, 11) is 31.5. The van der Waals surface area contributed by atoms with Crippen molar-refractivity contribution in [1.82, 2.24) is 19.5 Å². The Kier molecular flexibility index (Phi) is 7.70. The molecule has 3 heterocycles. The van der Waals surface area contributed by atoms with Crippen LogP contribution in [0.5, 0.6) is 0 Å². The lowest BCUT2D eigenvalue weighted by Gasteiger charge is -2.21. The number of fused-ring (bicyclic) bond motifs is 6. The van der Waals surface area contributed by atoms with Crippen molar-refractivity contribution in [3.05, 3.63) is 140 Å². The van der Waals surface area contributed by atoms with Crippen molar-refractivity contribution in [1.29, 1.82) is 0 Å². The molecule has 10 heteroatoms. The SMILES string of the molecule is [B]c1c([B])c([B])c(-c2cccc(-c3nc(-c4ccccc4)nc(-c4cccc5oc6cc(-n7c8ccccc8c8ccccc87)ccc6c45)n3)c2)c([B])c1[B]. The van der Waals surface area contributed by atoms with E-state index in [0.29, 0.717) is 34.2 Å². The molecule has 0 saturated carbocycles. The Bertz CT molecular complexity index is 3090. The van der Waals surface area contributed by atoms with Crippen molar-refractivity contribution in [2.24, 2.45) is 0 Å². The summed E-state index contributed by atoms with van der Waals surface area (Å²) in [6.45, 7) is 0. The van der Waals surface area contributed by atoms with Crippen molar-refractivity contribution in [2.75, 3.05) is 0 Å². The third kappa shape index (κ3) is 5.27. The van der Waals surface area contributed by atoms with E-state index in [4.69, 9.17) is 58.6 Å². The summed E-state index contributed by atoms with van der Waals surface area (Å²) in [5, 5.41) is 4.25. The molecule has 3 aromatic heterocycles. The third-order valence-electron chi connectivity index (χ3n) is 10.3. The van der Waals surface area contributed by atoms with E-state index in [-0.39, 0.29) is 27.3 Å². The van der Waals surface area contributed by atoms with Gasteiger partial charge < -0.3 is 8.98 Å². The highest BCUT2D eigenvalue weighted by molar-refractivity contribution is 6.68. The molecule has 10 radical (unpaired) electrons. The van der Waals surface area contributed by atoms with Crippen molar-refractivity contribution in [3.63, 3.8) is 0 Å². The van der Waals surface area contributed by atoms with Crippen molar-refractivity contribution in [3.8, 4) is 51.0 Å². The average Bonchev–Trinajstić information content (AvgIpc) is 3.78. The summed E-state index contributed by atoms with van der Waals surface area (Å²) in [5.41, 5.74) is 9.33. The molecule has 0 atom stereocenters. The Hall–Kier alpha value is -6.53. The van der Waals surface area contributed by atoms with E-state index in [1.165, 1.54) is 10.8 Å². The number of aromatic nitrogens is 4. The standard InChI is InChI=1S/C45H23B5N4O/c46-38-36(39(47)41(49)42(50)40(38)48)25-12-8-13-26(22-25)44-51-43(24-10-2-1-3-11-24)52-45(53-44)31-16-9-19-34-37(31)30-21-20-27(23-35(30)55-34)54-32-17-6-4-14-28(32)29-15-5-7-18-33(29)54/h1-23H. The molecule has 7 aromatic carbocycles. The quantitative estimate of drug-likeness (QED) is 0.224. The van der Waals surface area contributed by atoms with E-state index < -0.39 is 0 Å². The van der Waals surface area contributed by atoms with E-state index in [1.807, 2.05) is 72.8 Å². The normalized spacial score (nSPS) is 11.6. The van der Waals surface area contributed by atoms with Crippen LogP contribution in [-0.4, -0.2) is 58.8 Å². The first kappa shape index (κ1) is 33.1. The Morgan fingerprint density at radius 2 is 0.982 bits per heavy atom. The van der Waals surface area contributed by atoms with E-state index in [0.717, 1.165) is 49.8 Å². The predicted molar refractivity (Wildman–Crippen MR) is 230 cm³/mol. The molecule has 0 aliphatic heterocycles. The van der Waals surface area contributed by atoms with E-state index in [9.17, 15) is 0 Å². The van der Waals surface area contributed by atoms with E-state index in [2.05, 4.69) is 71.3 Å². The van der Waals surface area contributed by atoms with Gasteiger partial charge in [0.25, 0.3) is 0 Å². The fraction of sp³-hybridized carbons (Fsp3) is 0. The van der Waals surface area contributed by atoms with Gasteiger partial charge in [0.2, 0.25) is 0 Å². The van der Waals surface area contributed by atoms with Crippen molar-refractivity contribution in [2.45, 2.75) is 0 Å². The van der Waals surface area contributed by atoms with Crippen LogP contribution in [0.3, 0.4) is 0 Å². The predicted octanol–water partition coefficient (Wildman–Crippen LogP) is 5.51. The van der Waals surface area contributed by atoms with Crippen molar-refractivity contribution >= 4 is 110 Å². The van der Waals surface area contributed by atoms with Crippen LogP contribution in [0, 0.1) is 0 Å². The molecule has 0 aliphatic carbocycles. The van der Waals surface area contributed by atoms with Gasteiger partial charge in [-0.3, -0.25) is 0 Å². The maximum absolute atomic E-state index is 6.58. The molecular formula is C45H23B5N4O. The molecule has 55 heavy (non-hydrogen) atoms. The second kappa shape index (κ2) is 12.8. The minimum atomic E-state index is 0.161. The lowest BCUT2D eigenvalue weighted by Crippen LogP contribution is -2.55. The van der Waals surface area contributed by atoms with Crippen LogP contribution in [-0.2, 0) is 0 Å². The van der Waals surface area contributed by atoms with Gasteiger partial charge in [-0.15, -0.1) is 16.4 Å². The second-order valence-corrected chi connectivity index (χ2v) is 13.5. The number of furan rings is 1. The minimum absolute atomic E-state index is 0.161. The molecule has 10 rings (SSSR count). The zero-order valence-electron chi connectivity index (χ0n) is 29.4. The summed E-state index contributed by atoms with van der Waals surface area (Å²) in [5.74, 6) is 1.47. The van der Waals surface area contributed by atoms with Gasteiger partial charge in [0.1, 0.15) is 50.4 Å². The molecule has 244 valence electrons. The summed E-state index contributed by atoms with van der Waals surface area (Å²) in [6, 6.07) is 46.7. The Morgan fingerprint density at radius 1 is 0.418 bits per heavy atom. The molecule has 0 amide bonds. The van der Waals surface area contributed by atoms with Gasteiger partial charge in [-0.05, 0) is 47.5 Å². The monoisotopic (exact) mass is 690 g/mol. The maximum Gasteiger partial charge on any atom is 0.164 e. The van der Waals surface area contributed by atoms with Gasteiger partial charge in [0.15, 0.2) is 17.5 Å². The maximum atomic E-state index is 6.58. The van der Waals surface area contributed by atoms with Crippen LogP contribution in [0.1, 0.15) is 0 Å². The van der Waals surface area contributed by atoms with Gasteiger partial charge in [-0.2, -0.15) is 0 Å².